The third-order valence-corrected chi connectivity index (χ3v) is 7.22. The summed E-state index contributed by atoms with van der Waals surface area (Å²) in [5, 5.41) is 8.53. The summed E-state index contributed by atoms with van der Waals surface area (Å²) in [5.41, 5.74) is 4.03. The first-order valence-corrected chi connectivity index (χ1v) is 12.4. The molecule has 35 heavy (non-hydrogen) atoms. The van der Waals surface area contributed by atoms with E-state index >= 15 is 0 Å². The highest BCUT2D eigenvalue weighted by Gasteiger charge is 2.28. The molecule has 1 aliphatic rings. The second-order valence-corrected chi connectivity index (χ2v) is 9.38. The lowest BCUT2D eigenvalue weighted by Crippen LogP contribution is -2.50. The van der Waals surface area contributed by atoms with Gasteiger partial charge in [0.25, 0.3) is 5.91 Å². The average molecular weight is 473 g/mol. The number of hydrogen-bond donors (Lipinski definition) is 2. The van der Waals surface area contributed by atoms with Crippen LogP contribution in [-0.2, 0) is 11.3 Å². The number of carbonyl (C=O) groups excluding carboxylic acids is 2. The zero-order valence-corrected chi connectivity index (χ0v) is 20.5. The van der Waals surface area contributed by atoms with Crippen LogP contribution in [0.4, 0.5) is 5.69 Å². The second-order valence-electron chi connectivity index (χ2n) is 9.38. The fraction of sp³-hybridized carbons (Fsp3) is 0.357. The van der Waals surface area contributed by atoms with E-state index in [0.717, 1.165) is 49.1 Å². The molecule has 1 aliphatic heterocycles. The van der Waals surface area contributed by atoms with Crippen molar-refractivity contribution in [3.05, 3.63) is 66.1 Å². The van der Waals surface area contributed by atoms with E-state index in [1.807, 2.05) is 19.9 Å². The van der Waals surface area contributed by atoms with Gasteiger partial charge in [-0.1, -0.05) is 18.2 Å². The van der Waals surface area contributed by atoms with Gasteiger partial charge in [-0.2, -0.15) is 0 Å². The maximum Gasteiger partial charge on any atom is 0.287 e. The van der Waals surface area contributed by atoms with Gasteiger partial charge in [-0.3, -0.25) is 14.5 Å². The first-order valence-electron chi connectivity index (χ1n) is 12.4. The first kappa shape index (κ1) is 23.2. The van der Waals surface area contributed by atoms with Crippen LogP contribution in [0.1, 0.15) is 42.8 Å². The van der Waals surface area contributed by atoms with E-state index in [-0.39, 0.29) is 23.9 Å². The molecule has 1 saturated heterocycles. The predicted octanol–water partition coefficient (Wildman–Crippen LogP) is 4.94. The molecule has 1 fully saturated rings. The normalized spacial score (nSPS) is 16.0. The minimum Gasteiger partial charge on any atom is -0.459 e. The van der Waals surface area contributed by atoms with Gasteiger partial charge in [-0.25, -0.2) is 0 Å². The second kappa shape index (κ2) is 9.58. The van der Waals surface area contributed by atoms with Gasteiger partial charge >= 0.3 is 0 Å². The lowest BCUT2D eigenvalue weighted by molar-refractivity contribution is -0.121. The number of nitrogens with one attached hydrogen (secondary N) is 2. The summed E-state index contributed by atoms with van der Waals surface area (Å²) in [5.74, 6) is 0.188. The topological polar surface area (TPSA) is 79.5 Å². The highest BCUT2D eigenvalue weighted by molar-refractivity contribution is 6.10. The Morgan fingerprint density at radius 1 is 1.06 bits per heavy atom. The van der Waals surface area contributed by atoms with Crippen molar-refractivity contribution >= 4 is 39.3 Å². The van der Waals surface area contributed by atoms with E-state index in [4.69, 9.17) is 4.42 Å². The van der Waals surface area contributed by atoms with Crippen molar-refractivity contribution in [3.63, 3.8) is 0 Å². The smallest absolute Gasteiger partial charge is 0.287 e. The number of carbonyl (C=O) groups is 2. The predicted molar refractivity (Wildman–Crippen MR) is 139 cm³/mol. The number of anilines is 1. The van der Waals surface area contributed by atoms with Crippen LogP contribution in [0.5, 0.6) is 0 Å². The Labute approximate surface area is 205 Å². The summed E-state index contributed by atoms with van der Waals surface area (Å²) >= 11 is 0. The number of aromatic nitrogens is 1. The van der Waals surface area contributed by atoms with Gasteiger partial charge in [0.15, 0.2) is 5.76 Å². The summed E-state index contributed by atoms with van der Waals surface area (Å²) in [6.07, 6.45) is 3.13. The SMILES string of the molecule is CCn1c2ccccc2c2cc(NC(=O)C(C)N3CCC(NC(=O)c4occc4C)CC3)ccc21. The Morgan fingerprint density at radius 3 is 2.51 bits per heavy atom. The maximum absolute atomic E-state index is 13.1. The molecule has 0 spiro atoms. The number of rotatable bonds is 6. The van der Waals surface area contributed by atoms with Crippen molar-refractivity contribution in [1.82, 2.24) is 14.8 Å². The first-order chi connectivity index (χ1) is 17.0. The lowest BCUT2D eigenvalue weighted by atomic mass is 10.0. The van der Waals surface area contributed by atoms with Gasteiger partial charge in [0, 0.05) is 58.7 Å². The van der Waals surface area contributed by atoms with Crippen molar-refractivity contribution in [1.29, 1.82) is 0 Å². The number of piperidine rings is 1. The Balaban J connectivity index is 1.22. The maximum atomic E-state index is 13.1. The van der Waals surface area contributed by atoms with Crippen LogP contribution in [0, 0.1) is 6.92 Å². The standard InChI is InChI=1S/C28H32N4O3/c1-4-32-24-8-6-5-7-22(24)23-17-21(9-10-25(23)32)30-27(33)19(3)31-14-11-20(12-15-31)29-28(34)26-18(2)13-16-35-26/h5-10,13,16-17,19-20H,4,11-12,14-15H2,1-3H3,(H,29,34)(H,30,33). The van der Waals surface area contributed by atoms with Crippen molar-refractivity contribution in [2.45, 2.75) is 52.2 Å². The minimum atomic E-state index is -0.258. The number of nitrogens with zero attached hydrogens (tertiary/aromatic N) is 2. The third-order valence-electron chi connectivity index (χ3n) is 7.22. The molecule has 0 aliphatic carbocycles. The number of para-hydroxylation sites is 1. The van der Waals surface area contributed by atoms with Gasteiger partial charge < -0.3 is 19.6 Å². The summed E-state index contributed by atoms with van der Waals surface area (Å²) < 4.78 is 7.60. The molecule has 1 atom stereocenters. The summed E-state index contributed by atoms with van der Waals surface area (Å²) in [7, 11) is 0. The number of benzene rings is 2. The van der Waals surface area contributed by atoms with Gasteiger partial charge in [0.2, 0.25) is 5.91 Å². The molecule has 0 bridgehead atoms. The Hall–Kier alpha value is -3.58. The highest BCUT2D eigenvalue weighted by atomic mass is 16.3. The molecule has 182 valence electrons. The van der Waals surface area contributed by atoms with Gasteiger partial charge in [0.05, 0.1) is 12.3 Å². The van der Waals surface area contributed by atoms with Crippen LogP contribution < -0.4 is 10.6 Å². The molecule has 5 rings (SSSR count). The van der Waals surface area contributed by atoms with Crippen LogP contribution >= 0.6 is 0 Å². The summed E-state index contributed by atoms with van der Waals surface area (Å²) in [4.78, 5) is 27.7. The van der Waals surface area contributed by atoms with Crippen molar-refractivity contribution < 1.29 is 14.0 Å². The number of amides is 2. The van der Waals surface area contributed by atoms with Crippen molar-refractivity contribution in [2.24, 2.45) is 0 Å². The molecule has 3 heterocycles. The number of aryl methyl sites for hydroxylation is 2. The number of fused-ring (bicyclic) bond motifs is 3. The Bertz CT molecular complexity index is 1380. The zero-order chi connectivity index (χ0) is 24.5. The van der Waals surface area contributed by atoms with E-state index in [0.29, 0.717) is 5.76 Å². The van der Waals surface area contributed by atoms with Crippen molar-refractivity contribution in [2.75, 3.05) is 18.4 Å². The molecule has 2 aromatic heterocycles. The minimum absolute atomic E-state index is 0.0164. The molecule has 1 unspecified atom stereocenters. The van der Waals surface area contributed by atoms with E-state index < -0.39 is 0 Å². The molecule has 0 radical (unpaired) electrons. The van der Waals surface area contributed by atoms with Gasteiger partial charge in [-0.15, -0.1) is 0 Å². The quantitative estimate of drug-likeness (QED) is 0.417. The summed E-state index contributed by atoms with van der Waals surface area (Å²) in [6.45, 7) is 8.35. The average Bonchev–Trinajstić information content (AvgIpc) is 3.44. The lowest BCUT2D eigenvalue weighted by Gasteiger charge is -2.35. The van der Waals surface area contributed by atoms with Gasteiger partial charge in [0.1, 0.15) is 0 Å². The van der Waals surface area contributed by atoms with E-state index in [1.54, 1.807) is 6.07 Å². The molecular formula is C28H32N4O3. The third kappa shape index (κ3) is 4.44. The van der Waals surface area contributed by atoms with Crippen LogP contribution in [0.15, 0.2) is 59.2 Å². The van der Waals surface area contributed by atoms with E-state index in [2.05, 4.69) is 63.4 Å². The fourth-order valence-electron chi connectivity index (χ4n) is 5.17. The molecule has 7 heteroatoms. The molecule has 2 N–H and O–H groups in total. The molecular weight excluding hydrogens is 440 g/mol. The number of hydrogen-bond acceptors (Lipinski definition) is 4. The monoisotopic (exact) mass is 472 g/mol. The molecule has 4 aromatic rings. The van der Waals surface area contributed by atoms with Crippen LogP contribution in [0.3, 0.4) is 0 Å². The Morgan fingerprint density at radius 2 is 1.80 bits per heavy atom. The molecule has 7 nitrogen and oxygen atoms in total. The Kier molecular flexibility index (Phi) is 6.34. The zero-order valence-electron chi connectivity index (χ0n) is 20.5. The molecule has 2 amide bonds. The van der Waals surface area contributed by atoms with Crippen molar-refractivity contribution in [3.8, 4) is 0 Å². The largest absolute Gasteiger partial charge is 0.459 e. The molecule has 0 saturated carbocycles. The van der Waals surface area contributed by atoms with E-state index in [9.17, 15) is 9.59 Å². The van der Waals surface area contributed by atoms with Crippen LogP contribution in [0.2, 0.25) is 0 Å². The van der Waals surface area contributed by atoms with Crippen LogP contribution in [0.25, 0.3) is 21.8 Å². The fourth-order valence-corrected chi connectivity index (χ4v) is 5.17. The molecule has 2 aromatic carbocycles. The van der Waals surface area contributed by atoms with Gasteiger partial charge in [-0.05, 0) is 63.9 Å². The van der Waals surface area contributed by atoms with E-state index in [1.165, 1.54) is 22.7 Å². The summed E-state index contributed by atoms with van der Waals surface area (Å²) in [6, 6.07) is 16.1. The van der Waals surface area contributed by atoms with Crippen LogP contribution in [-0.4, -0.2) is 46.5 Å². The number of furan rings is 1. The number of likely N-dealkylation sites (tertiary alicyclic amines) is 1. The highest BCUT2D eigenvalue weighted by Crippen LogP contribution is 2.31.